The Morgan fingerprint density at radius 3 is 3.00 bits per heavy atom. The molecule has 0 spiro atoms. The van der Waals surface area contributed by atoms with Crippen molar-refractivity contribution in [3.05, 3.63) is 58.0 Å². The van der Waals surface area contributed by atoms with Crippen LogP contribution in [0, 0.1) is 6.92 Å². The lowest BCUT2D eigenvalue weighted by atomic mass is 10.1. The van der Waals surface area contributed by atoms with E-state index in [9.17, 15) is 9.59 Å². The Labute approximate surface area is 205 Å². The van der Waals surface area contributed by atoms with Crippen molar-refractivity contribution in [3.8, 4) is 0 Å². The lowest BCUT2D eigenvalue weighted by Crippen LogP contribution is -2.28. The number of hydrogen-bond acceptors (Lipinski definition) is 7. The standard InChI is InChI=1S/C25H26N4O3S2/c1-3-16-8-4-7-15(2)20(16)27-19(30)14-33-25-28-21-18-10-5-11-26-23(18)34-22(21)24(31)29(25)13-17-9-6-12-32-17/h4-5,7-8,10-11,17H,3,6,9,12-14H2,1-2H3,(H,27,30)/t17-/m0/s1. The number of carbonyl (C=O) groups excluding carboxylic acids is 1. The highest BCUT2D eigenvalue weighted by Gasteiger charge is 2.22. The minimum absolute atomic E-state index is 0.0169. The van der Waals surface area contributed by atoms with Crippen molar-refractivity contribution in [1.29, 1.82) is 0 Å². The Bertz CT molecular complexity index is 1420. The predicted molar refractivity (Wildman–Crippen MR) is 138 cm³/mol. The van der Waals surface area contributed by atoms with Crippen molar-refractivity contribution in [2.75, 3.05) is 17.7 Å². The summed E-state index contributed by atoms with van der Waals surface area (Å²) >= 11 is 2.65. The van der Waals surface area contributed by atoms with Gasteiger partial charge in [0.25, 0.3) is 5.56 Å². The third-order valence-corrected chi connectivity index (χ3v) is 8.13. The molecule has 176 valence electrons. The van der Waals surface area contributed by atoms with Crippen molar-refractivity contribution in [2.45, 2.75) is 50.9 Å². The first-order chi connectivity index (χ1) is 16.5. The number of benzene rings is 1. The molecule has 0 saturated carbocycles. The second kappa shape index (κ2) is 9.85. The van der Waals surface area contributed by atoms with Crippen LogP contribution in [0.25, 0.3) is 20.4 Å². The van der Waals surface area contributed by atoms with Crippen molar-refractivity contribution in [2.24, 2.45) is 0 Å². The van der Waals surface area contributed by atoms with Crippen molar-refractivity contribution in [1.82, 2.24) is 14.5 Å². The molecule has 4 aromatic rings. The molecule has 34 heavy (non-hydrogen) atoms. The monoisotopic (exact) mass is 494 g/mol. The van der Waals surface area contributed by atoms with E-state index in [1.54, 1.807) is 10.8 Å². The SMILES string of the molecule is CCc1cccc(C)c1NC(=O)CSc1nc2c(sc3ncccc32)c(=O)n1C[C@@H]1CCCO1. The fourth-order valence-corrected chi connectivity index (χ4v) is 6.14. The second-order valence-corrected chi connectivity index (χ2v) is 10.3. The zero-order chi connectivity index (χ0) is 23.7. The molecule has 1 atom stereocenters. The van der Waals surface area contributed by atoms with E-state index in [2.05, 4.69) is 17.2 Å². The minimum Gasteiger partial charge on any atom is -0.376 e. The van der Waals surface area contributed by atoms with Crippen LogP contribution in [0.1, 0.15) is 30.9 Å². The third kappa shape index (κ3) is 4.47. The first-order valence-electron chi connectivity index (χ1n) is 11.5. The van der Waals surface area contributed by atoms with E-state index in [4.69, 9.17) is 9.72 Å². The topological polar surface area (TPSA) is 86.1 Å². The number of ether oxygens (including phenoxy) is 1. The number of carbonyl (C=O) groups is 1. The van der Waals surface area contributed by atoms with Crippen molar-refractivity contribution in [3.63, 3.8) is 0 Å². The lowest BCUT2D eigenvalue weighted by molar-refractivity contribution is -0.113. The average Bonchev–Trinajstić information content (AvgIpc) is 3.49. The average molecular weight is 495 g/mol. The third-order valence-electron chi connectivity index (χ3n) is 6.06. The van der Waals surface area contributed by atoms with Gasteiger partial charge in [-0.15, -0.1) is 11.3 Å². The fraction of sp³-hybridized carbons (Fsp3) is 0.360. The van der Waals surface area contributed by atoms with Crippen LogP contribution in [0.15, 0.2) is 46.5 Å². The van der Waals surface area contributed by atoms with Crippen molar-refractivity contribution >= 4 is 55.1 Å². The maximum absolute atomic E-state index is 13.5. The zero-order valence-corrected chi connectivity index (χ0v) is 20.8. The van der Waals surface area contributed by atoms with E-state index in [0.717, 1.165) is 46.3 Å². The molecule has 0 bridgehead atoms. The molecule has 3 aromatic heterocycles. The number of pyridine rings is 1. The first kappa shape index (κ1) is 23.0. The van der Waals surface area contributed by atoms with Crippen LogP contribution in [0.3, 0.4) is 0 Å². The number of fused-ring (bicyclic) bond motifs is 3. The van der Waals surface area contributed by atoms with Gasteiger partial charge in [-0.05, 0) is 49.4 Å². The van der Waals surface area contributed by atoms with E-state index in [-0.39, 0.29) is 23.3 Å². The molecule has 0 radical (unpaired) electrons. The Morgan fingerprint density at radius 1 is 1.32 bits per heavy atom. The number of aryl methyl sites for hydroxylation is 2. The first-order valence-corrected chi connectivity index (χ1v) is 13.3. The Hall–Kier alpha value is -2.75. The number of amides is 1. The summed E-state index contributed by atoms with van der Waals surface area (Å²) in [6, 6.07) is 9.81. The highest BCUT2D eigenvalue weighted by atomic mass is 32.2. The quantitative estimate of drug-likeness (QED) is 0.294. The van der Waals surface area contributed by atoms with Gasteiger partial charge in [0.2, 0.25) is 5.91 Å². The molecular weight excluding hydrogens is 468 g/mol. The summed E-state index contributed by atoms with van der Waals surface area (Å²) < 4.78 is 8.06. The number of nitrogens with one attached hydrogen (secondary N) is 1. The summed E-state index contributed by atoms with van der Waals surface area (Å²) in [6.45, 7) is 5.21. The van der Waals surface area contributed by atoms with Gasteiger partial charge in [0.1, 0.15) is 9.53 Å². The summed E-state index contributed by atoms with van der Waals surface area (Å²) in [5.41, 5.74) is 3.55. The van der Waals surface area contributed by atoms with Gasteiger partial charge in [0.15, 0.2) is 5.16 Å². The molecule has 1 amide bonds. The van der Waals surface area contributed by atoms with Crippen LogP contribution >= 0.6 is 23.1 Å². The predicted octanol–water partition coefficient (Wildman–Crippen LogP) is 4.79. The van der Waals surface area contributed by atoms with Gasteiger partial charge in [-0.3, -0.25) is 14.2 Å². The van der Waals surface area contributed by atoms with E-state index in [1.807, 2.05) is 37.3 Å². The van der Waals surface area contributed by atoms with E-state index < -0.39 is 0 Å². The van der Waals surface area contributed by atoms with Crippen LogP contribution in [-0.2, 0) is 22.5 Å². The highest BCUT2D eigenvalue weighted by molar-refractivity contribution is 7.99. The molecule has 1 saturated heterocycles. The summed E-state index contributed by atoms with van der Waals surface area (Å²) in [5.74, 6) is 0.0326. The van der Waals surface area contributed by atoms with Gasteiger partial charge < -0.3 is 10.1 Å². The largest absolute Gasteiger partial charge is 0.376 e. The smallest absolute Gasteiger partial charge is 0.272 e. The zero-order valence-electron chi connectivity index (χ0n) is 19.2. The molecule has 1 N–H and O–H groups in total. The number of para-hydroxylation sites is 1. The molecule has 1 aliphatic heterocycles. The number of thiophene rings is 1. The molecule has 1 aliphatic rings. The highest BCUT2D eigenvalue weighted by Crippen LogP contribution is 2.31. The molecule has 0 unspecified atom stereocenters. The number of nitrogens with zero attached hydrogens (tertiary/aromatic N) is 3. The molecule has 1 fully saturated rings. The van der Waals surface area contributed by atoms with E-state index >= 15 is 0 Å². The second-order valence-electron chi connectivity index (χ2n) is 8.38. The fourth-order valence-electron chi connectivity index (χ4n) is 4.31. The molecular formula is C25H26N4O3S2. The van der Waals surface area contributed by atoms with Gasteiger partial charge in [0, 0.05) is 23.9 Å². The summed E-state index contributed by atoms with van der Waals surface area (Å²) in [6.07, 6.45) is 4.44. The van der Waals surface area contributed by atoms with Gasteiger partial charge in [-0.1, -0.05) is 36.9 Å². The molecule has 1 aromatic carbocycles. The molecule has 0 aliphatic carbocycles. The summed E-state index contributed by atoms with van der Waals surface area (Å²) in [4.78, 5) is 36.4. The van der Waals surface area contributed by atoms with Crippen LogP contribution in [0.4, 0.5) is 5.69 Å². The maximum atomic E-state index is 13.5. The number of rotatable bonds is 7. The van der Waals surface area contributed by atoms with Gasteiger partial charge in [0.05, 0.1) is 23.9 Å². The summed E-state index contributed by atoms with van der Waals surface area (Å²) in [5, 5.41) is 4.46. The number of thioether (sulfide) groups is 1. The molecule has 7 nitrogen and oxygen atoms in total. The van der Waals surface area contributed by atoms with Gasteiger partial charge in [-0.25, -0.2) is 9.97 Å². The van der Waals surface area contributed by atoms with Crippen LogP contribution < -0.4 is 10.9 Å². The normalized spacial score (nSPS) is 15.9. The summed E-state index contributed by atoms with van der Waals surface area (Å²) in [7, 11) is 0. The lowest BCUT2D eigenvalue weighted by Gasteiger charge is -2.16. The maximum Gasteiger partial charge on any atom is 0.272 e. The molecule has 4 heterocycles. The van der Waals surface area contributed by atoms with E-state index in [0.29, 0.717) is 28.5 Å². The Balaban J connectivity index is 1.47. The van der Waals surface area contributed by atoms with Crippen LogP contribution in [0.5, 0.6) is 0 Å². The number of hydrogen-bond donors (Lipinski definition) is 1. The van der Waals surface area contributed by atoms with Crippen molar-refractivity contribution < 1.29 is 9.53 Å². The number of aromatic nitrogens is 3. The minimum atomic E-state index is -0.121. The van der Waals surface area contributed by atoms with Gasteiger partial charge >= 0.3 is 0 Å². The molecule has 9 heteroatoms. The van der Waals surface area contributed by atoms with Crippen LogP contribution in [-0.4, -0.2) is 38.9 Å². The van der Waals surface area contributed by atoms with E-state index in [1.165, 1.54) is 23.1 Å². The number of anilines is 1. The Kier molecular flexibility index (Phi) is 6.67. The Morgan fingerprint density at radius 2 is 2.21 bits per heavy atom. The van der Waals surface area contributed by atoms with Gasteiger partial charge in [-0.2, -0.15) is 0 Å². The molecule has 5 rings (SSSR count). The van der Waals surface area contributed by atoms with Crippen LogP contribution in [0.2, 0.25) is 0 Å².